The molecule has 0 bridgehead atoms. The van der Waals surface area contributed by atoms with E-state index in [1.807, 2.05) is 33.8 Å². The van der Waals surface area contributed by atoms with Crippen LogP contribution in [0.15, 0.2) is 16.6 Å². The van der Waals surface area contributed by atoms with Crippen molar-refractivity contribution in [3.8, 4) is 11.5 Å². The van der Waals surface area contributed by atoms with Gasteiger partial charge in [-0.15, -0.1) is 0 Å². The second kappa shape index (κ2) is 8.30. The first-order chi connectivity index (χ1) is 9.58. The fourth-order valence-electron chi connectivity index (χ4n) is 2.14. The molecule has 1 aromatic rings. The van der Waals surface area contributed by atoms with E-state index in [2.05, 4.69) is 15.9 Å². The average molecular weight is 343 g/mol. The molecule has 0 aliphatic heterocycles. The standard InChI is InChI=1S/C16H23BrO3/c1-5-11(6-2)16(18)12-9-14(19-7-3)15(20-8-4)10-13(12)17/h9-11H,5-8H2,1-4H3. The first-order valence-electron chi connectivity index (χ1n) is 7.22. The molecular formula is C16H23BrO3. The van der Waals surface area contributed by atoms with Crippen LogP contribution in [0.5, 0.6) is 11.5 Å². The quantitative estimate of drug-likeness (QED) is 0.632. The molecule has 0 aliphatic rings. The number of rotatable bonds is 8. The SMILES string of the molecule is CCOc1cc(Br)c(C(=O)C(CC)CC)cc1OCC. The normalized spacial score (nSPS) is 10.7. The van der Waals surface area contributed by atoms with Crippen molar-refractivity contribution in [2.45, 2.75) is 40.5 Å². The van der Waals surface area contributed by atoms with E-state index in [1.54, 1.807) is 6.07 Å². The molecule has 1 rings (SSSR count). The van der Waals surface area contributed by atoms with Crippen molar-refractivity contribution >= 4 is 21.7 Å². The lowest BCUT2D eigenvalue weighted by Gasteiger charge is -2.16. The van der Waals surface area contributed by atoms with Crippen molar-refractivity contribution in [1.82, 2.24) is 0 Å². The molecule has 20 heavy (non-hydrogen) atoms. The number of carbonyl (C=O) groups is 1. The lowest BCUT2D eigenvalue weighted by Crippen LogP contribution is -2.14. The summed E-state index contributed by atoms with van der Waals surface area (Å²) in [6.07, 6.45) is 1.69. The summed E-state index contributed by atoms with van der Waals surface area (Å²) in [5, 5.41) is 0. The largest absolute Gasteiger partial charge is 0.490 e. The van der Waals surface area contributed by atoms with E-state index in [0.717, 1.165) is 17.3 Å². The fraction of sp³-hybridized carbons (Fsp3) is 0.562. The lowest BCUT2D eigenvalue weighted by atomic mass is 9.93. The van der Waals surface area contributed by atoms with E-state index in [0.29, 0.717) is 30.3 Å². The van der Waals surface area contributed by atoms with Crippen LogP contribution in [0.4, 0.5) is 0 Å². The molecule has 0 saturated carbocycles. The highest BCUT2D eigenvalue weighted by Crippen LogP contribution is 2.35. The first kappa shape index (κ1) is 17.0. The number of carbonyl (C=O) groups excluding carboxylic acids is 1. The third-order valence-electron chi connectivity index (χ3n) is 3.25. The predicted octanol–water partition coefficient (Wildman–Crippen LogP) is 4.87. The number of benzene rings is 1. The molecule has 3 nitrogen and oxygen atoms in total. The van der Waals surface area contributed by atoms with E-state index < -0.39 is 0 Å². The lowest BCUT2D eigenvalue weighted by molar-refractivity contribution is 0.0912. The highest BCUT2D eigenvalue weighted by molar-refractivity contribution is 9.10. The molecule has 0 saturated heterocycles. The Balaban J connectivity index is 3.20. The van der Waals surface area contributed by atoms with E-state index in [-0.39, 0.29) is 11.7 Å². The molecule has 0 radical (unpaired) electrons. The van der Waals surface area contributed by atoms with Crippen LogP contribution in [0.3, 0.4) is 0 Å². The Hall–Kier alpha value is -1.03. The van der Waals surface area contributed by atoms with Crippen LogP contribution in [0, 0.1) is 5.92 Å². The summed E-state index contributed by atoms with van der Waals surface area (Å²) in [6, 6.07) is 3.61. The van der Waals surface area contributed by atoms with Gasteiger partial charge < -0.3 is 9.47 Å². The van der Waals surface area contributed by atoms with Crippen LogP contribution in [0.2, 0.25) is 0 Å². The van der Waals surface area contributed by atoms with Crippen molar-refractivity contribution in [3.63, 3.8) is 0 Å². The van der Waals surface area contributed by atoms with Crippen LogP contribution in [0.25, 0.3) is 0 Å². The minimum absolute atomic E-state index is 0.0544. The summed E-state index contributed by atoms with van der Waals surface area (Å²) in [7, 11) is 0. The molecule has 0 aromatic heterocycles. The Bertz CT molecular complexity index is 453. The number of ketones is 1. The van der Waals surface area contributed by atoms with Gasteiger partial charge in [0.1, 0.15) is 0 Å². The molecule has 0 N–H and O–H groups in total. The summed E-state index contributed by atoms with van der Waals surface area (Å²) >= 11 is 3.47. The van der Waals surface area contributed by atoms with Crippen LogP contribution in [-0.2, 0) is 0 Å². The Kier molecular flexibility index (Phi) is 7.06. The Morgan fingerprint density at radius 3 is 2.00 bits per heavy atom. The van der Waals surface area contributed by atoms with Crippen molar-refractivity contribution in [2.75, 3.05) is 13.2 Å². The first-order valence-corrected chi connectivity index (χ1v) is 8.01. The third kappa shape index (κ3) is 3.98. The summed E-state index contributed by atoms with van der Waals surface area (Å²) in [4.78, 5) is 12.5. The molecule has 112 valence electrons. The molecule has 0 heterocycles. The van der Waals surface area contributed by atoms with E-state index in [1.165, 1.54) is 0 Å². The Morgan fingerprint density at radius 1 is 1.05 bits per heavy atom. The van der Waals surface area contributed by atoms with Gasteiger partial charge in [0, 0.05) is 16.0 Å². The van der Waals surface area contributed by atoms with Gasteiger partial charge in [0.05, 0.1) is 13.2 Å². The Morgan fingerprint density at radius 2 is 1.55 bits per heavy atom. The van der Waals surface area contributed by atoms with Gasteiger partial charge in [-0.3, -0.25) is 4.79 Å². The number of hydrogen-bond acceptors (Lipinski definition) is 3. The molecule has 0 atom stereocenters. The number of hydrogen-bond donors (Lipinski definition) is 0. The number of halogens is 1. The van der Waals surface area contributed by atoms with E-state index in [9.17, 15) is 4.79 Å². The molecule has 0 amide bonds. The van der Waals surface area contributed by atoms with E-state index >= 15 is 0 Å². The van der Waals surface area contributed by atoms with Gasteiger partial charge in [0.2, 0.25) is 0 Å². The molecule has 1 aromatic carbocycles. The maximum absolute atomic E-state index is 12.5. The van der Waals surface area contributed by atoms with Crippen LogP contribution >= 0.6 is 15.9 Å². The van der Waals surface area contributed by atoms with Gasteiger partial charge >= 0.3 is 0 Å². The summed E-state index contributed by atoms with van der Waals surface area (Å²) in [6.45, 7) is 9.02. The van der Waals surface area contributed by atoms with Gasteiger partial charge in [-0.25, -0.2) is 0 Å². The van der Waals surface area contributed by atoms with Crippen molar-refractivity contribution < 1.29 is 14.3 Å². The zero-order chi connectivity index (χ0) is 15.1. The van der Waals surface area contributed by atoms with Gasteiger partial charge in [0.15, 0.2) is 17.3 Å². The van der Waals surface area contributed by atoms with Crippen LogP contribution < -0.4 is 9.47 Å². The zero-order valence-corrected chi connectivity index (χ0v) is 14.2. The highest BCUT2D eigenvalue weighted by atomic mass is 79.9. The summed E-state index contributed by atoms with van der Waals surface area (Å²) < 4.78 is 11.9. The minimum Gasteiger partial charge on any atom is -0.490 e. The number of Topliss-reactive ketones (excluding diaryl/α,β-unsaturated/α-hetero) is 1. The summed E-state index contributed by atoms with van der Waals surface area (Å²) in [5.74, 6) is 1.51. The van der Waals surface area contributed by atoms with Gasteiger partial charge in [-0.1, -0.05) is 13.8 Å². The van der Waals surface area contributed by atoms with E-state index in [4.69, 9.17) is 9.47 Å². The van der Waals surface area contributed by atoms with Crippen molar-refractivity contribution in [2.24, 2.45) is 5.92 Å². The maximum Gasteiger partial charge on any atom is 0.167 e. The zero-order valence-electron chi connectivity index (χ0n) is 12.7. The predicted molar refractivity (Wildman–Crippen MR) is 84.9 cm³/mol. The third-order valence-corrected chi connectivity index (χ3v) is 3.91. The number of ether oxygens (including phenoxy) is 2. The topological polar surface area (TPSA) is 35.5 Å². The summed E-state index contributed by atoms with van der Waals surface area (Å²) in [5.41, 5.74) is 0.672. The molecule has 0 fully saturated rings. The smallest absolute Gasteiger partial charge is 0.167 e. The maximum atomic E-state index is 12.5. The minimum atomic E-state index is 0.0544. The average Bonchev–Trinajstić information content (AvgIpc) is 2.43. The fourth-order valence-corrected chi connectivity index (χ4v) is 2.66. The molecule has 0 spiro atoms. The van der Waals surface area contributed by atoms with Gasteiger partial charge in [-0.2, -0.15) is 0 Å². The second-order valence-electron chi connectivity index (χ2n) is 4.52. The second-order valence-corrected chi connectivity index (χ2v) is 5.38. The van der Waals surface area contributed by atoms with Crippen molar-refractivity contribution in [1.29, 1.82) is 0 Å². The van der Waals surface area contributed by atoms with Crippen LogP contribution in [-0.4, -0.2) is 19.0 Å². The van der Waals surface area contributed by atoms with Gasteiger partial charge in [0.25, 0.3) is 0 Å². The van der Waals surface area contributed by atoms with Gasteiger partial charge in [-0.05, 0) is 54.8 Å². The molecule has 0 unspecified atom stereocenters. The Labute approximate surface area is 129 Å². The monoisotopic (exact) mass is 342 g/mol. The molecular weight excluding hydrogens is 320 g/mol. The van der Waals surface area contributed by atoms with Crippen molar-refractivity contribution in [3.05, 3.63) is 22.2 Å². The molecule has 0 aliphatic carbocycles. The molecule has 4 heteroatoms. The highest BCUT2D eigenvalue weighted by Gasteiger charge is 2.21. The van der Waals surface area contributed by atoms with Crippen LogP contribution in [0.1, 0.15) is 50.9 Å².